The number of carbonyl (C=O) groups is 1. The van der Waals surface area contributed by atoms with E-state index in [0.29, 0.717) is 21.3 Å². The fraction of sp³-hybridized carbons (Fsp3) is 0.417. The van der Waals surface area contributed by atoms with E-state index in [2.05, 4.69) is 13.8 Å². The smallest absolute Gasteiger partial charge is 0.335 e. The summed E-state index contributed by atoms with van der Waals surface area (Å²) >= 11 is 0. The predicted octanol–water partition coefficient (Wildman–Crippen LogP) is 5.24. The van der Waals surface area contributed by atoms with Crippen molar-refractivity contribution in [1.82, 2.24) is 0 Å². The van der Waals surface area contributed by atoms with Crippen LogP contribution in [0.2, 0.25) is 0 Å². The number of hydrogen-bond donors (Lipinski definition) is 1. The summed E-state index contributed by atoms with van der Waals surface area (Å²) in [5.41, 5.74) is 0.0150. The molecule has 2 aromatic carbocycles. The van der Waals surface area contributed by atoms with Crippen molar-refractivity contribution in [3.05, 3.63) is 46.1 Å². The highest BCUT2D eigenvalue weighted by Crippen LogP contribution is 2.28. The molecule has 32 heavy (non-hydrogen) atoms. The number of aromatic carboxylic acids is 1. The largest absolute Gasteiger partial charge is 0.478 e. The Morgan fingerprint density at radius 1 is 0.906 bits per heavy atom. The second-order valence-corrected chi connectivity index (χ2v) is 10.9. The van der Waals surface area contributed by atoms with Gasteiger partial charge in [0, 0.05) is 16.4 Å². The molecule has 0 saturated heterocycles. The lowest BCUT2D eigenvalue weighted by molar-refractivity contribution is 0.0697. The van der Waals surface area contributed by atoms with Crippen molar-refractivity contribution >= 4 is 49.5 Å². The topological polar surface area (TPSA) is 102 Å². The predicted molar refractivity (Wildman–Crippen MR) is 129 cm³/mol. The number of rotatable bonds is 11. The Hall–Kier alpha value is -2.32. The minimum atomic E-state index is -1.42. The van der Waals surface area contributed by atoms with Crippen LogP contribution in [0.25, 0.3) is 21.9 Å². The van der Waals surface area contributed by atoms with Crippen LogP contribution in [0.4, 0.5) is 0 Å². The fourth-order valence-corrected chi connectivity index (χ4v) is 6.11. The summed E-state index contributed by atoms with van der Waals surface area (Å²) in [5, 5.41) is 9.59. The van der Waals surface area contributed by atoms with E-state index in [9.17, 15) is 23.1 Å². The second-order valence-electron chi connectivity index (χ2n) is 7.76. The molecule has 0 spiro atoms. The number of unbranched alkanes of at least 4 members (excludes halogenated alkanes) is 4. The van der Waals surface area contributed by atoms with Crippen molar-refractivity contribution < 1.29 is 22.7 Å². The monoisotopic (exact) mass is 476 g/mol. The van der Waals surface area contributed by atoms with Crippen LogP contribution in [0.3, 0.4) is 0 Å². The molecular weight excluding hydrogens is 448 g/mol. The van der Waals surface area contributed by atoms with Gasteiger partial charge in [-0.25, -0.2) is 4.79 Å². The summed E-state index contributed by atoms with van der Waals surface area (Å²) in [4.78, 5) is 25.5. The molecule has 0 aliphatic carbocycles. The summed E-state index contributed by atoms with van der Waals surface area (Å²) < 4.78 is 32.0. The van der Waals surface area contributed by atoms with Crippen molar-refractivity contribution in [3.8, 4) is 0 Å². The molecule has 1 N–H and O–H groups in total. The van der Waals surface area contributed by atoms with Crippen molar-refractivity contribution in [1.29, 1.82) is 0 Å². The molecule has 0 fully saturated rings. The second kappa shape index (κ2) is 11.0. The molecule has 3 aromatic rings. The van der Waals surface area contributed by atoms with Crippen molar-refractivity contribution in [2.24, 2.45) is 0 Å². The Balaban J connectivity index is 2.20. The zero-order chi connectivity index (χ0) is 23.3. The standard InChI is InChI=1S/C24H28O6S2/c1-3-5-7-11-31(28)17-14-19-22(25)18-13-16(24(26)27)9-10-20(18)30-23(19)21(15-17)32(29)12-8-6-4-2/h9-10,13-15H,3-8,11-12H2,1-2H3,(H,26,27). The molecule has 3 rings (SSSR count). The van der Waals surface area contributed by atoms with E-state index in [0.717, 1.165) is 38.5 Å². The van der Waals surface area contributed by atoms with E-state index >= 15 is 0 Å². The van der Waals surface area contributed by atoms with E-state index in [4.69, 9.17) is 4.42 Å². The third-order valence-corrected chi connectivity index (χ3v) is 8.21. The number of carboxylic acid groups (broad SMARTS) is 1. The Bertz CT molecular complexity index is 1240. The molecule has 0 radical (unpaired) electrons. The van der Waals surface area contributed by atoms with Gasteiger partial charge in [0.1, 0.15) is 5.58 Å². The van der Waals surface area contributed by atoms with E-state index in [1.165, 1.54) is 18.2 Å². The van der Waals surface area contributed by atoms with Crippen molar-refractivity contribution in [2.75, 3.05) is 11.5 Å². The van der Waals surface area contributed by atoms with Crippen LogP contribution in [0.1, 0.15) is 62.7 Å². The van der Waals surface area contributed by atoms with E-state index < -0.39 is 33.0 Å². The van der Waals surface area contributed by atoms with Gasteiger partial charge < -0.3 is 9.52 Å². The summed E-state index contributed by atoms with van der Waals surface area (Å²) in [5.74, 6) is -0.257. The minimum absolute atomic E-state index is 0.0215. The number of benzene rings is 2. The van der Waals surface area contributed by atoms with Gasteiger partial charge in [-0.05, 0) is 43.2 Å². The molecule has 1 aromatic heterocycles. The Labute approximate surface area is 191 Å². The molecule has 2 atom stereocenters. The third kappa shape index (κ3) is 5.35. The van der Waals surface area contributed by atoms with Crippen LogP contribution in [-0.2, 0) is 21.6 Å². The molecule has 6 nitrogen and oxygen atoms in total. The zero-order valence-corrected chi connectivity index (χ0v) is 20.0. The SMILES string of the molecule is CCCCCS(=O)c1cc(S(=O)CCCCC)c2oc3ccc(C(=O)O)cc3c(=O)c2c1. The Morgan fingerprint density at radius 2 is 1.56 bits per heavy atom. The van der Waals surface area contributed by atoms with Crippen molar-refractivity contribution in [3.63, 3.8) is 0 Å². The lowest BCUT2D eigenvalue weighted by Gasteiger charge is -2.11. The average molecular weight is 477 g/mol. The van der Waals surface area contributed by atoms with Gasteiger partial charge in [-0.2, -0.15) is 0 Å². The lowest BCUT2D eigenvalue weighted by atomic mass is 10.1. The van der Waals surface area contributed by atoms with Gasteiger partial charge in [0.25, 0.3) is 0 Å². The number of carboxylic acids is 1. The van der Waals surface area contributed by atoms with E-state index in [-0.39, 0.29) is 27.5 Å². The van der Waals surface area contributed by atoms with Gasteiger partial charge in [0.2, 0.25) is 5.43 Å². The van der Waals surface area contributed by atoms with Crippen LogP contribution in [0.15, 0.2) is 49.3 Å². The summed E-state index contributed by atoms with van der Waals surface area (Å²) in [7, 11) is -2.76. The molecule has 0 amide bonds. The van der Waals surface area contributed by atoms with Crippen molar-refractivity contribution in [2.45, 2.75) is 62.2 Å². The fourth-order valence-electron chi connectivity index (χ4n) is 3.53. The van der Waals surface area contributed by atoms with E-state index in [1.807, 2.05) is 0 Å². The Morgan fingerprint density at radius 3 is 2.19 bits per heavy atom. The zero-order valence-electron chi connectivity index (χ0n) is 18.3. The van der Waals surface area contributed by atoms with Gasteiger partial charge in [-0.1, -0.05) is 39.5 Å². The Kier molecular flexibility index (Phi) is 8.37. The number of hydrogen-bond acceptors (Lipinski definition) is 5. The van der Waals surface area contributed by atoms with Gasteiger partial charge in [-0.3, -0.25) is 13.2 Å². The quantitative estimate of drug-likeness (QED) is 0.300. The summed E-state index contributed by atoms with van der Waals surface area (Å²) in [6.07, 6.45) is 5.46. The van der Waals surface area contributed by atoms with Crippen LogP contribution >= 0.6 is 0 Å². The minimum Gasteiger partial charge on any atom is -0.478 e. The van der Waals surface area contributed by atoms with Gasteiger partial charge in [-0.15, -0.1) is 0 Å². The third-order valence-electron chi connectivity index (χ3n) is 5.33. The maximum Gasteiger partial charge on any atom is 0.335 e. The number of fused-ring (bicyclic) bond motifs is 2. The first-order valence-corrected chi connectivity index (χ1v) is 13.6. The molecular formula is C24H28O6S2. The summed E-state index contributed by atoms with van der Waals surface area (Å²) in [6, 6.07) is 7.29. The molecule has 0 saturated carbocycles. The first-order chi connectivity index (χ1) is 15.4. The first-order valence-electron chi connectivity index (χ1n) is 10.9. The van der Waals surface area contributed by atoms with Gasteiger partial charge >= 0.3 is 5.97 Å². The molecule has 2 unspecified atom stereocenters. The van der Waals surface area contributed by atoms with Gasteiger partial charge in [0.15, 0.2) is 5.58 Å². The summed E-state index contributed by atoms with van der Waals surface area (Å²) in [6.45, 7) is 4.13. The van der Waals surface area contributed by atoms with Crippen LogP contribution < -0.4 is 5.43 Å². The molecule has 0 aliphatic rings. The molecule has 172 valence electrons. The maximum atomic E-state index is 13.3. The lowest BCUT2D eigenvalue weighted by Crippen LogP contribution is -2.09. The van der Waals surface area contributed by atoms with Crippen LogP contribution in [-0.4, -0.2) is 31.0 Å². The highest BCUT2D eigenvalue weighted by molar-refractivity contribution is 7.86. The van der Waals surface area contributed by atoms with Gasteiger partial charge in [0.05, 0.1) is 42.8 Å². The average Bonchev–Trinajstić information content (AvgIpc) is 2.78. The van der Waals surface area contributed by atoms with Crippen LogP contribution in [0, 0.1) is 0 Å². The molecule has 1 heterocycles. The molecule has 0 aliphatic heterocycles. The maximum absolute atomic E-state index is 13.3. The highest BCUT2D eigenvalue weighted by Gasteiger charge is 2.20. The highest BCUT2D eigenvalue weighted by atomic mass is 32.2. The first kappa shape index (κ1) is 24.3. The molecule has 0 bridgehead atoms. The normalized spacial score (nSPS) is 13.4. The van der Waals surface area contributed by atoms with E-state index in [1.54, 1.807) is 12.1 Å². The van der Waals surface area contributed by atoms with Crippen LogP contribution in [0.5, 0.6) is 0 Å². The molecule has 8 heteroatoms.